The highest BCUT2D eigenvalue weighted by molar-refractivity contribution is 6.05. The molecule has 0 aliphatic rings. The van der Waals surface area contributed by atoms with Gasteiger partial charge in [0.1, 0.15) is 6.54 Å². The number of carbonyl (C=O) groups is 3. The Morgan fingerprint density at radius 2 is 1.68 bits per heavy atom. The molecule has 2 rings (SSSR count). The number of methoxy groups -OCH3 is 1. The van der Waals surface area contributed by atoms with Gasteiger partial charge in [0.05, 0.1) is 18.4 Å². The lowest BCUT2D eigenvalue weighted by Gasteiger charge is -2.21. The van der Waals surface area contributed by atoms with Gasteiger partial charge in [0.25, 0.3) is 0 Å². The first kappa shape index (κ1) is 18.2. The van der Waals surface area contributed by atoms with Crippen molar-refractivity contribution >= 4 is 29.2 Å². The highest BCUT2D eigenvalue weighted by Crippen LogP contribution is 2.18. The fraction of sp³-hybridized carbons (Fsp3) is 0.211. The van der Waals surface area contributed by atoms with Gasteiger partial charge in [-0.3, -0.25) is 9.59 Å². The van der Waals surface area contributed by atoms with Gasteiger partial charge in [0.15, 0.2) is 0 Å². The molecule has 0 unspecified atom stereocenters. The highest BCUT2D eigenvalue weighted by Gasteiger charge is 2.18. The number of esters is 1. The van der Waals surface area contributed by atoms with Crippen LogP contribution in [0.1, 0.15) is 22.8 Å². The summed E-state index contributed by atoms with van der Waals surface area (Å²) in [5.74, 6) is -1.20. The van der Waals surface area contributed by atoms with Crippen LogP contribution in [0.15, 0.2) is 48.5 Å². The zero-order valence-electron chi connectivity index (χ0n) is 14.4. The molecule has 6 heteroatoms. The third-order valence-electron chi connectivity index (χ3n) is 3.63. The average molecular weight is 340 g/mol. The van der Waals surface area contributed by atoms with E-state index in [-0.39, 0.29) is 18.0 Å². The standard InChI is InChI=1S/C19H20N2O4/c1-13-8-10-15(11-9-13)21(14(2)22)12-18(23)20-17-7-5-4-6-16(17)19(24)25-3/h4-11H,12H2,1-3H3,(H,20,23). The lowest BCUT2D eigenvalue weighted by Crippen LogP contribution is -2.36. The fourth-order valence-electron chi connectivity index (χ4n) is 2.32. The molecule has 0 radical (unpaired) electrons. The first-order valence-corrected chi connectivity index (χ1v) is 7.74. The molecule has 0 atom stereocenters. The lowest BCUT2D eigenvalue weighted by atomic mass is 10.1. The first-order chi connectivity index (χ1) is 11.9. The van der Waals surface area contributed by atoms with Crippen LogP contribution < -0.4 is 10.2 Å². The van der Waals surface area contributed by atoms with E-state index in [1.807, 2.05) is 19.1 Å². The first-order valence-electron chi connectivity index (χ1n) is 7.74. The minimum Gasteiger partial charge on any atom is -0.465 e. The van der Waals surface area contributed by atoms with Crippen LogP contribution in [-0.2, 0) is 14.3 Å². The summed E-state index contributed by atoms with van der Waals surface area (Å²) in [6, 6.07) is 13.9. The van der Waals surface area contributed by atoms with E-state index in [4.69, 9.17) is 4.74 Å². The third kappa shape index (κ3) is 4.67. The largest absolute Gasteiger partial charge is 0.465 e. The van der Waals surface area contributed by atoms with Crippen LogP contribution in [0.4, 0.5) is 11.4 Å². The monoisotopic (exact) mass is 340 g/mol. The molecule has 0 heterocycles. The molecule has 0 saturated carbocycles. The van der Waals surface area contributed by atoms with Crippen molar-refractivity contribution in [3.63, 3.8) is 0 Å². The smallest absolute Gasteiger partial charge is 0.339 e. The molecule has 2 aromatic rings. The van der Waals surface area contributed by atoms with Crippen LogP contribution in [0.25, 0.3) is 0 Å². The summed E-state index contributed by atoms with van der Waals surface area (Å²) < 4.78 is 4.70. The number of nitrogens with zero attached hydrogens (tertiary/aromatic N) is 1. The number of carbonyl (C=O) groups excluding carboxylic acids is 3. The molecular weight excluding hydrogens is 320 g/mol. The molecule has 25 heavy (non-hydrogen) atoms. The number of aryl methyl sites for hydroxylation is 1. The maximum atomic E-state index is 12.4. The summed E-state index contributed by atoms with van der Waals surface area (Å²) in [5, 5.41) is 2.66. The normalized spacial score (nSPS) is 10.0. The number of hydrogen-bond acceptors (Lipinski definition) is 4. The van der Waals surface area contributed by atoms with Crippen molar-refractivity contribution < 1.29 is 19.1 Å². The van der Waals surface area contributed by atoms with E-state index in [9.17, 15) is 14.4 Å². The van der Waals surface area contributed by atoms with E-state index in [0.29, 0.717) is 11.4 Å². The molecule has 1 N–H and O–H groups in total. The van der Waals surface area contributed by atoms with Crippen LogP contribution in [0, 0.1) is 6.92 Å². The average Bonchev–Trinajstić information content (AvgIpc) is 2.60. The van der Waals surface area contributed by atoms with Gasteiger partial charge in [-0.2, -0.15) is 0 Å². The summed E-state index contributed by atoms with van der Waals surface area (Å²) in [4.78, 5) is 37.4. The molecule has 0 aliphatic heterocycles. The zero-order valence-corrected chi connectivity index (χ0v) is 14.4. The van der Waals surface area contributed by atoms with Crippen molar-refractivity contribution in [1.29, 1.82) is 0 Å². The molecule has 6 nitrogen and oxygen atoms in total. The van der Waals surface area contributed by atoms with Crippen LogP contribution >= 0.6 is 0 Å². The Bertz CT molecular complexity index is 784. The van der Waals surface area contributed by atoms with E-state index in [1.165, 1.54) is 18.9 Å². The summed E-state index contributed by atoms with van der Waals surface area (Å²) in [5.41, 5.74) is 2.29. The second kappa shape index (κ2) is 8.10. The Balaban J connectivity index is 2.16. The number of nitrogens with one attached hydrogen (secondary N) is 1. The van der Waals surface area contributed by atoms with Gasteiger partial charge in [0.2, 0.25) is 11.8 Å². The Hall–Kier alpha value is -3.15. The Labute approximate surface area is 146 Å². The number of para-hydroxylation sites is 1. The second-order valence-corrected chi connectivity index (χ2v) is 5.53. The molecule has 130 valence electrons. The van der Waals surface area contributed by atoms with Gasteiger partial charge in [-0.05, 0) is 31.2 Å². The van der Waals surface area contributed by atoms with E-state index in [1.54, 1.807) is 36.4 Å². The van der Waals surface area contributed by atoms with Crippen molar-refractivity contribution in [1.82, 2.24) is 0 Å². The van der Waals surface area contributed by atoms with Crippen molar-refractivity contribution in [3.8, 4) is 0 Å². The van der Waals surface area contributed by atoms with E-state index in [0.717, 1.165) is 5.56 Å². The quantitative estimate of drug-likeness (QED) is 0.849. The minimum absolute atomic E-state index is 0.159. The summed E-state index contributed by atoms with van der Waals surface area (Å²) >= 11 is 0. The maximum absolute atomic E-state index is 12.4. The van der Waals surface area contributed by atoms with Crippen LogP contribution in [0.5, 0.6) is 0 Å². The maximum Gasteiger partial charge on any atom is 0.339 e. The van der Waals surface area contributed by atoms with Gasteiger partial charge in [-0.25, -0.2) is 4.79 Å². The van der Waals surface area contributed by atoms with Crippen molar-refractivity contribution in [3.05, 3.63) is 59.7 Å². The third-order valence-corrected chi connectivity index (χ3v) is 3.63. The predicted molar refractivity (Wildman–Crippen MR) is 95.6 cm³/mol. The predicted octanol–water partition coefficient (Wildman–Crippen LogP) is 2.77. The van der Waals surface area contributed by atoms with Gasteiger partial charge >= 0.3 is 5.97 Å². The second-order valence-electron chi connectivity index (χ2n) is 5.53. The van der Waals surface area contributed by atoms with Gasteiger partial charge in [0, 0.05) is 12.6 Å². The number of hydrogen-bond donors (Lipinski definition) is 1. The molecule has 0 bridgehead atoms. The minimum atomic E-state index is -0.544. The van der Waals surface area contributed by atoms with Crippen LogP contribution in [0.3, 0.4) is 0 Å². The van der Waals surface area contributed by atoms with Crippen molar-refractivity contribution in [2.24, 2.45) is 0 Å². The number of anilines is 2. The number of benzene rings is 2. The molecule has 0 fully saturated rings. The molecule has 0 spiro atoms. The molecule has 2 aromatic carbocycles. The molecule has 0 aliphatic carbocycles. The van der Waals surface area contributed by atoms with Gasteiger partial charge in [-0.15, -0.1) is 0 Å². The molecule has 2 amide bonds. The number of ether oxygens (including phenoxy) is 1. The Kier molecular flexibility index (Phi) is 5.89. The Morgan fingerprint density at radius 1 is 1.04 bits per heavy atom. The summed E-state index contributed by atoms with van der Waals surface area (Å²) in [7, 11) is 1.27. The van der Waals surface area contributed by atoms with Crippen LogP contribution in [0.2, 0.25) is 0 Å². The number of amides is 2. The van der Waals surface area contributed by atoms with Crippen molar-refractivity contribution in [2.75, 3.05) is 23.9 Å². The number of rotatable bonds is 5. The zero-order chi connectivity index (χ0) is 18.4. The van der Waals surface area contributed by atoms with Gasteiger partial charge in [-0.1, -0.05) is 29.8 Å². The topological polar surface area (TPSA) is 75.7 Å². The fourth-order valence-corrected chi connectivity index (χ4v) is 2.32. The lowest BCUT2D eigenvalue weighted by molar-refractivity contribution is -0.120. The van der Waals surface area contributed by atoms with Crippen molar-refractivity contribution in [2.45, 2.75) is 13.8 Å². The highest BCUT2D eigenvalue weighted by atomic mass is 16.5. The van der Waals surface area contributed by atoms with E-state index >= 15 is 0 Å². The summed E-state index contributed by atoms with van der Waals surface area (Å²) in [6.45, 7) is 3.18. The summed E-state index contributed by atoms with van der Waals surface area (Å²) in [6.07, 6.45) is 0. The van der Waals surface area contributed by atoms with E-state index in [2.05, 4.69) is 5.32 Å². The molecular formula is C19H20N2O4. The Morgan fingerprint density at radius 3 is 2.28 bits per heavy atom. The molecule has 0 saturated heterocycles. The van der Waals surface area contributed by atoms with Crippen LogP contribution in [-0.4, -0.2) is 31.4 Å². The van der Waals surface area contributed by atoms with E-state index < -0.39 is 11.9 Å². The molecule has 0 aromatic heterocycles. The van der Waals surface area contributed by atoms with Gasteiger partial charge < -0.3 is 15.0 Å². The SMILES string of the molecule is COC(=O)c1ccccc1NC(=O)CN(C(C)=O)c1ccc(C)cc1.